The Labute approximate surface area is 91.0 Å². The van der Waals surface area contributed by atoms with Crippen LogP contribution in [0.3, 0.4) is 0 Å². The van der Waals surface area contributed by atoms with Crippen LogP contribution in [0.1, 0.15) is 42.9 Å². The van der Waals surface area contributed by atoms with Crippen LogP contribution in [0.2, 0.25) is 0 Å². The first-order valence-corrected chi connectivity index (χ1v) is 5.27. The van der Waals surface area contributed by atoms with Crippen LogP contribution in [-0.2, 0) is 0 Å². The Morgan fingerprint density at radius 2 is 1.36 bits per heavy atom. The summed E-state index contributed by atoms with van der Waals surface area (Å²) in [7, 11) is 0. The van der Waals surface area contributed by atoms with Crippen LogP contribution in [-0.4, -0.2) is 0 Å². The van der Waals surface area contributed by atoms with Crippen molar-refractivity contribution < 1.29 is 1.37 Å². The minimum absolute atomic E-state index is 0.447. The average Bonchev–Trinajstić information content (AvgIpc) is 2.38. The molecule has 0 aromatic heterocycles. The first kappa shape index (κ1) is 15.2. The monoisotopic (exact) mass is 194 g/mol. The van der Waals surface area contributed by atoms with Gasteiger partial charge in [-0.3, -0.25) is 0 Å². The van der Waals surface area contributed by atoms with Crippen molar-refractivity contribution in [1.29, 1.82) is 0 Å². The molecule has 0 unspecified atom stereocenters. The average molecular weight is 194 g/mol. The Balaban J connectivity index is -0.000000208. The van der Waals surface area contributed by atoms with Gasteiger partial charge in [0, 0.05) is 0 Å². The molecule has 0 atom stereocenters. The fraction of sp³-hybridized carbons (Fsp3) is 0.462. The highest BCUT2D eigenvalue weighted by atomic mass is 14.6. The van der Waals surface area contributed by atoms with Crippen LogP contribution < -0.4 is 0 Å². The number of hydrogen-bond donors (Lipinski definition) is 0. The van der Waals surface area contributed by atoms with Crippen LogP contribution in [0, 0.1) is 6.57 Å². The maximum Gasteiger partial charge on any atom is 0.187 e. The van der Waals surface area contributed by atoms with Crippen molar-refractivity contribution in [3.63, 3.8) is 0 Å². The van der Waals surface area contributed by atoms with E-state index in [-0.39, 0.29) is 0 Å². The molecule has 0 bridgehead atoms. The molecule has 0 aliphatic rings. The Bertz CT molecular complexity index is 234. The second kappa shape index (κ2) is 22.6. The molecule has 0 heterocycles. The maximum absolute atomic E-state index is 7.06. The summed E-state index contributed by atoms with van der Waals surface area (Å²) in [4.78, 5) is 3.18. The fourth-order valence-electron chi connectivity index (χ4n) is 0.453. The molecule has 80 valence electrons. The van der Waals surface area contributed by atoms with Crippen molar-refractivity contribution in [1.82, 2.24) is 0 Å². The Kier molecular flexibility index (Phi) is 24.5. The van der Waals surface area contributed by atoms with Crippen LogP contribution in [0.15, 0.2) is 30.3 Å². The number of para-hydroxylation sites is 1. The zero-order chi connectivity index (χ0) is 12.7. The van der Waals surface area contributed by atoms with Gasteiger partial charge in [0.2, 0.25) is 0 Å². The zero-order valence-electron chi connectivity index (χ0n) is 11.3. The van der Waals surface area contributed by atoms with Gasteiger partial charge in [0.1, 0.15) is 0 Å². The third kappa shape index (κ3) is 13.3. The molecule has 1 aromatic carbocycles. The van der Waals surface area contributed by atoms with E-state index in [1.165, 1.54) is 0 Å². The molecule has 0 radical (unpaired) electrons. The van der Waals surface area contributed by atoms with Gasteiger partial charge in [0.05, 0.1) is 7.94 Å². The maximum atomic E-state index is 7.06. The van der Waals surface area contributed by atoms with E-state index in [9.17, 15) is 0 Å². The first-order chi connectivity index (χ1) is 7.33. The van der Waals surface area contributed by atoms with E-state index < -0.39 is 0 Å². The second-order valence-corrected chi connectivity index (χ2v) is 1.37. The van der Waals surface area contributed by atoms with Gasteiger partial charge in [-0.2, -0.15) is 0 Å². The molecule has 0 spiro atoms. The molecule has 1 rings (SSSR count). The van der Waals surface area contributed by atoms with Gasteiger partial charge in [-0.1, -0.05) is 71.9 Å². The predicted molar refractivity (Wildman–Crippen MR) is 66.7 cm³/mol. The van der Waals surface area contributed by atoms with E-state index in [1.807, 2.05) is 41.5 Å². The van der Waals surface area contributed by atoms with Crippen molar-refractivity contribution in [3.8, 4) is 0 Å². The molecule has 0 amide bonds. The van der Waals surface area contributed by atoms with Gasteiger partial charge in [0.25, 0.3) is 0 Å². The fourth-order valence-corrected chi connectivity index (χ4v) is 0.453. The Morgan fingerprint density at radius 3 is 1.64 bits per heavy atom. The van der Waals surface area contributed by atoms with Gasteiger partial charge in [0.15, 0.2) is 5.69 Å². The topological polar surface area (TPSA) is 4.36 Å². The summed E-state index contributed by atoms with van der Waals surface area (Å²) in [5, 5.41) is 0. The van der Waals surface area contributed by atoms with Crippen molar-refractivity contribution in [2.24, 2.45) is 0 Å². The molecule has 14 heavy (non-hydrogen) atoms. The lowest BCUT2D eigenvalue weighted by Gasteiger charge is -1.80. The van der Waals surface area contributed by atoms with E-state index in [0.29, 0.717) is 11.7 Å². The second-order valence-electron chi connectivity index (χ2n) is 1.37. The van der Waals surface area contributed by atoms with Gasteiger partial charge in [-0.25, -0.2) is 4.85 Å². The van der Waals surface area contributed by atoms with Crippen LogP contribution in [0.4, 0.5) is 5.69 Å². The van der Waals surface area contributed by atoms with Crippen LogP contribution >= 0.6 is 0 Å². The summed E-state index contributed by atoms with van der Waals surface area (Å²) in [6, 6.07) is 6.92. The van der Waals surface area contributed by atoms with Crippen LogP contribution in [0.5, 0.6) is 0 Å². The number of nitrogens with zero attached hydrogens (tertiary/aromatic N) is 1. The first-order valence-electron chi connectivity index (χ1n) is 5.77. The summed E-state index contributed by atoms with van der Waals surface area (Å²) in [5.74, 6) is 0. The molecule has 1 nitrogen and oxygen atoms in total. The molecule has 0 aliphatic carbocycles. The smallest absolute Gasteiger partial charge is 0.187 e. The van der Waals surface area contributed by atoms with E-state index >= 15 is 0 Å². The molecule has 0 fully saturated rings. The molecule has 0 saturated heterocycles. The van der Waals surface area contributed by atoms with Gasteiger partial charge in [-0.15, -0.1) is 0 Å². The summed E-state index contributed by atoms with van der Waals surface area (Å²) >= 11 is 0. The summed E-state index contributed by atoms with van der Waals surface area (Å²) in [6.07, 6.45) is 0. The molecule has 0 N–H and O–H groups in total. The van der Waals surface area contributed by atoms with Gasteiger partial charge in [-0.05, 0) is 0 Å². The van der Waals surface area contributed by atoms with Crippen molar-refractivity contribution >= 4 is 5.69 Å². The highest BCUT2D eigenvalue weighted by Gasteiger charge is 1.79. The largest absolute Gasteiger partial charge is 0.238 e. The normalized spacial score (nSPS) is 6.79. The lowest BCUT2D eigenvalue weighted by molar-refractivity contribution is 1.50. The Hall–Kier alpha value is -1.29. The quantitative estimate of drug-likeness (QED) is 0.492. The SMILES string of the molecule is CC.CC.CC.[2H]c1ccc([N+]#[C-])cc1. The molecule has 0 aliphatic heterocycles. The standard InChI is InChI=1S/C7H5N.3C2H6/c1-8-7-5-3-2-4-6-7;3*1-2/h2-6H;3*1-2H3/i2D;;;. The Morgan fingerprint density at radius 1 is 1.00 bits per heavy atom. The van der Waals surface area contributed by atoms with Crippen molar-refractivity contribution in [2.45, 2.75) is 41.5 Å². The number of hydrogen-bond acceptors (Lipinski definition) is 0. The van der Waals surface area contributed by atoms with E-state index in [2.05, 4.69) is 4.85 Å². The van der Waals surface area contributed by atoms with Crippen molar-refractivity contribution in [3.05, 3.63) is 41.7 Å². The molecule has 1 heteroatoms. The summed E-state index contributed by atoms with van der Waals surface area (Å²) < 4.78 is 7.06. The minimum Gasteiger partial charge on any atom is -0.238 e. The molecule has 1 aromatic rings. The number of rotatable bonds is 0. The lowest BCUT2D eigenvalue weighted by atomic mass is 10.3. The highest BCUT2D eigenvalue weighted by Crippen LogP contribution is 2.07. The molecule has 0 saturated carbocycles. The van der Waals surface area contributed by atoms with E-state index in [4.69, 9.17) is 7.94 Å². The lowest BCUT2D eigenvalue weighted by Crippen LogP contribution is -1.54. The summed E-state index contributed by atoms with van der Waals surface area (Å²) in [5.41, 5.74) is 0.589. The zero-order valence-corrected chi connectivity index (χ0v) is 10.3. The van der Waals surface area contributed by atoms with Crippen molar-refractivity contribution in [2.75, 3.05) is 0 Å². The summed E-state index contributed by atoms with van der Waals surface area (Å²) in [6.45, 7) is 18.6. The van der Waals surface area contributed by atoms with Crippen LogP contribution in [0.25, 0.3) is 4.85 Å². The van der Waals surface area contributed by atoms with Gasteiger partial charge >= 0.3 is 0 Å². The third-order valence-corrected chi connectivity index (χ3v) is 0.830. The highest BCUT2D eigenvalue weighted by molar-refractivity contribution is 5.42. The third-order valence-electron chi connectivity index (χ3n) is 0.830. The predicted octanol–water partition coefficient (Wildman–Crippen LogP) is 5.32. The van der Waals surface area contributed by atoms with E-state index in [0.717, 1.165) is 0 Å². The minimum atomic E-state index is 0.447. The molecular weight excluding hydrogens is 170 g/mol. The molecular formula is C13H23N. The number of benzene rings is 1. The van der Waals surface area contributed by atoms with E-state index in [1.54, 1.807) is 24.3 Å². The van der Waals surface area contributed by atoms with Gasteiger partial charge < -0.3 is 0 Å².